The number of piperidine rings is 1. The number of sulfonamides is 1. The molecule has 0 saturated carbocycles. The van der Waals surface area contributed by atoms with Crippen molar-refractivity contribution in [1.82, 2.24) is 10.2 Å². The second-order valence-corrected chi connectivity index (χ2v) is 11.4. The van der Waals surface area contributed by atoms with Crippen LogP contribution in [0.4, 0.5) is 5.69 Å². The van der Waals surface area contributed by atoms with Crippen molar-refractivity contribution < 1.29 is 13.2 Å². The second-order valence-electron chi connectivity index (χ2n) is 9.54. The molecule has 0 aliphatic carbocycles. The molecule has 3 aromatic carbocycles. The van der Waals surface area contributed by atoms with Crippen LogP contribution in [-0.4, -0.2) is 38.9 Å². The molecule has 0 spiro atoms. The van der Waals surface area contributed by atoms with Crippen LogP contribution in [0.3, 0.4) is 0 Å². The molecule has 1 N–H and O–H groups in total. The number of rotatable bonds is 9. The Labute approximate surface area is 215 Å². The summed E-state index contributed by atoms with van der Waals surface area (Å²) in [4.78, 5) is 15.6. The zero-order valence-corrected chi connectivity index (χ0v) is 21.9. The van der Waals surface area contributed by atoms with Gasteiger partial charge in [0.2, 0.25) is 5.91 Å². The minimum atomic E-state index is -3.92. The lowest BCUT2D eigenvalue weighted by atomic mass is 10.1. The minimum absolute atomic E-state index is 0.161. The van der Waals surface area contributed by atoms with Crippen molar-refractivity contribution in [2.75, 3.05) is 23.9 Å². The summed E-state index contributed by atoms with van der Waals surface area (Å²) in [7, 11) is -3.92. The Kier molecular flexibility index (Phi) is 8.44. The summed E-state index contributed by atoms with van der Waals surface area (Å²) >= 11 is 0. The van der Waals surface area contributed by atoms with Gasteiger partial charge in [0, 0.05) is 13.1 Å². The molecule has 3 aromatic rings. The zero-order valence-electron chi connectivity index (χ0n) is 21.1. The third-order valence-electron chi connectivity index (χ3n) is 6.65. The Hall–Kier alpha value is -3.16. The van der Waals surface area contributed by atoms with Crippen molar-refractivity contribution in [3.05, 3.63) is 95.1 Å². The fourth-order valence-electron chi connectivity index (χ4n) is 4.51. The predicted octanol–water partition coefficient (Wildman–Crippen LogP) is 4.80. The van der Waals surface area contributed by atoms with Gasteiger partial charge in [0.15, 0.2) is 0 Å². The van der Waals surface area contributed by atoms with Gasteiger partial charge in [-0.05, 0) is 74.7 Å². The highest BCUT2D eigenvalue weighted by Gasteiger charge is 2.28. The Bertz CT molecular complexity index is 1270. The first-order valence-corrected chi connectivity index (χ1v) is 14.0. The number of carbonyl (C=O) groups excluding carboxylic acids is 1. The van der Waals surface area contributed by atoms with Crippen molar-refractivity contribution in [2.45, 2.75) is 51.1 Å². The van der Waals surface area contributed by atoms with Crippen LogP contribution in [-0.2, 0) is 27.9 Å². The van der Waals surface area contributed by atoms with Gasteiger partial charge < -0.3 is 5.32 Å². The summed E-state index contributed by atoms with van der Waals surface area (Å²) in [5.41, 5.74) is 4.49. The van der Waals surface area contributed by atoms with Gasteiger partial charge in [0.1, 0.15) is 6.54 Å². The van der Waals surface area contributed by atoms with E-state index < -0.39 is 10.0 Å². The Balaban J connectivity index is 1.44. The maximum Gasteiger partial charge on any atom is 0.264 e. The van der Waals surface area contributed by atoms with Gasteiger partial charge in [-0.25, -0.2) is 8.42 Å². The van der Waals surface area contributed by atoms with Crippen LogP contribution in [0.25, 0.3) is 0 Å². The number of anilines is 1. The second kappa shape index (κ2) is 11.7. The monoisotopic (exact) mass is 505 g/mol. The molecular weight excluding hydrogens is 470 g/mol. The molecule has 7 heteroatoms. The number of para-hydroxylation sites is 1. The van der Waals surface area contributed by atoms with Crippen LogP contribution in [0.15, 0.2) is 77.7 Å². The number of carbonyl (C=O) groups is 1. The standard InChI is InChI=1S/C29H35N3O3S/c1-23-10-16-27(17-11-23)36(34,35)32(28-9-5-4-8-24(28)2)22-29(33)30-20-25-12-14-26(15-13-25)21-31-18-6-3-7-19-31/h4-5,8-17H,3,6-7,18-22H2,1-2H3,(H,30,33). The summed E-state index contributed by atoms with van der Waals surface area (Å²) in [6, 6.07) is 22.2. The van der Waals surface area contributed by atoms with Gasteiger partial charge in [-0.1, -0.05) is 66.6 Å². The summed E-state index contributed by atoms with van der Waals surface area (Å²) in [5.74, 6) is -0.355. The molecule has 36 heavy (non-hydrogen) atoms. The number of amides is 1. The first-order chi connectivity index (χ1) is 17.3. The first kappa shape index (κ1) is 25.9. The van der Waals surface area contributed by atoms with E-state index in [-0.39, 0.29) is 17.3 Å². The summed E-state index contributed by atoms with van der Waals surface area (Å²) < 4.78 is 28.3. The lowest BCUT2D eigenvalue weighted by Crippen LogP contribution is -2.41. The predicted molar refractivity (Wildman–Crippen MR) is 144 cm³/mol. The van der Waals surface area contributed by atoms with Crippen molar-refractivity contribution in [2.24, 2.45) is 0 Å². The molecule has 6 nitrogen and oxygen atoms in total. The van der Waals surface area contributed by atoms with Crippen molar-refractivity contribution in [3.8, 4) is 0 Å². The van der Waals surface area contributed by atoms with Gasteiger partial charge in [-0.15, -0.1) is 0 Å². The third-order valence-corrected chi connectivity index (χ3v) is 8.42. The number of hydrogen-bond acceptors (Lipinski definition) is 4. The fourth-order valence-corrected chi connectivity index (χ4v) is 5.99. The van der Waals surface area contributed by atoms with Gasteiger partial charge >= 0.3 is 0 Å². The normalized spacial score (nSPS) is 14.4. The highest BCUT2D eigenvalue weighted by Crippen LogP contribution is 2.26. The SMILES string of the molecule is Cc1ccc(S(=O)(=O)N(CC(=O)NCc2ccc(CN3CCCCC3)cc2)c2ccccc2C)cc1. The van der Waals surface area contributed by atoms with E-state index in [4.69, 9.17) is 0 Å². The van der Waals surface area contributed by atoms with Gasteiger partial charge in [-0.3, -0.25) is 14.0 Å². The number of aryl methyl sites for hydroxylation is 2. The van der Waals surface area contributed by atoms with Crippen LogP contribution >= 0.6 is 0 Å². The highest BCUT2D eigenvalue weighted by molar-refractivity contribution is 7.92. The van der Waals surface area contributed by atoms with Gasteiger partial charge in [-0.2, -0.15) is 0 Å². The van der Waals surface area contributed by atoms with Crippen molar-refractivity contribution in [3.63, 3.8) is 0 Å². The molecule has 1 aliphatic heterocycles. The number of likely N-dealkylation sites (tertiary alicyclic amines) is 1. The molecule has 4 rings (SSSR count). The quantitative estimate of drug-likeness (QED) is 0.454. The molecule has 190 valence electrons. The summed E-state index contributed by atoms with van der Waals surface area (Å²) in [6.07, 6.45) is 3.86. The van der Waals surface area contributed by atoms with Gasteiger partial charge in [0.25, 0.3) is 10.0 Å². The number of hydrogen-bond donors (Lipinski definition) is 1. The van der Waals surface area contributed by atoms with Crippen molar-refractivity contribution >= 4 is 21.6 Å². The zero-order chi connectivity index (χ0) is 25.5. The van der Waals surface area contributed by atoms with Gasteiger partial charge in [0.05, 0.1) is 10.6 Å². The number of nitrogens with one attached hydrogen (secondary N) is 1. The molecule has 0 aromatic heterocycles. The molecule has 0 bridgehead atoms. The van der Waals surface area contributed by atoms with E-state index in [1.807, 2.05) is 38.1 Å². The Morgan fingerprint density at radius 2 is 1.50 bits per heavy atom. The maximum atomic E-state index is 13.5. The molecule has 0 radical (unpaired) electrons. The van der Waals surface area contributed by atoms with Crippen LogP contribution < -0.4 is 9.62 Å². The lowest BCUT2D eigenvalue weighted by Gasteiger charge is -2.26. The van der Waals surface area contributed by atoms with E-state index >= 15 is 0 Å². The summed E-state index contributed by atoms with van der Waals surface area (Å²) in [6.45, 7) is 7.05. The van der Waals surface area contributed by atoms with E-state index in [0.29, 0.717) is 12.2 Å². The highest BCUT2D eigenvalue weighted by atomic mass is 32.2. The largest absolute Gasteiger partial charge is 0.350 e. The molecule has 1 fully saturated rings. The lowest BCUT2D eigenvalue weighted by molar-refractivity contribution is -0.119. The van der Waals surface area contributed by atoms with Crippen LogP contribution in [0, 0.1) is 13.8 Å². The van der Waals surface area contributed by atoms with E-state index in [2.05, 4.69) is 22.3 Å². The Morgan fingerprint density at radius 1 is 0.861 bits per heavy atom. The Morgan fingerprint density at radius 3 is 2.17 bits per heavy atom. The third kappa shape index (κ3) is 6.53. The fraction of sp³-hybridized carbons (Fsp3) is 0.345. The molecule has 0 atom stereocenters. The molecule has 1 aliphatic rings. The van der Waals surface area contributed by atoms with Crippen LogP contribution in [0.1, 0.15) is 41.5 Å². The molecule has 1 amide bonds. The average Bonchev–Trinajstić information content (AvgIpc) is 2.88. The van der Waals surface area contributed by atoms with Crippen LogP contribution in [0.5, 0.6) is 0 Å². The topological polar surface area (TPSA) is 69.7 Å². The molecule has 1 heterocycles. The number of benzene rings is 3. The smallest absolute Gasteiger partial charge is 0.264 e. The summed E-state index contributed by atoms with van der Waals surface area (Å²) in [5, 5.41) is 2.90. The molecule has 1 saturated heterocycles. The minimum Gasteiger partial charge on any atom is -0.350 e. The molecular formula is C29H35N3O3S. The van der Waals surface area contributed by atoms with Crippen molar-refractivity contribution in [1.29, 1.82) is 0 Å². The maximum absolute atomic E-state index is 13.5. The van der Waals surface area contributed by atoms with E-state index in [1.165, 1.54) is 29.1 Å². The van der Waals surface area contributed by atoms with Crippen LogP contribution in [0.2, 0.25) is 0 Å². The molecule has 0 unspecified atom stereocenters. The van der Waals surface area contributed by atoms with E-state index in [0.717, 1.165) is 36.3 Å². The first-order valence-electron chi connectivity index (χ1n) is 12.5. The van der Waals surface area contributed by atoms with E-state index in [9.17, 15) is 13.2 Å². The number of nitrogens with zero attached hydrogens (tertiary/aromatic N) is 2. The van der Waals surface area contributed by atoms with E-state index in [1.54, 1.807) is 36.4 Å². The average molecular weight is 506 g/mol.